The summed E-state index contributed by atoms with van der Waals surface area (Å²) < 4.78 is 10.7. The third-order valence-corrected chi connectivity index (χ3v) is 4.02. The fraction of sp³-hybridized carbons (Fsp3) is 0.190. The van der Waals surface area contributed by atoms with Crippen LogP contribution in [0.4, 0.5) is 5.82 Å². The van der Waals surface area contributed by atoms with Crippen LogP contribution in [-0.2, 0) is 16.1 Å². The lowest BCUT2D eigenvalue weighted by molar-refractivity contribution is -0.139. The van der Waals surface area contributed by atoms with Crippen LogP contribution >= 0.6 is 0 Å². The van der Waals surface area contributed by atoms with Crippen molar-refractivity contribution < 1.29 is 19.4 Å². The fourth-order valence-corrected chi connectivity index (χ4v) is 2.58. The molecule has 0 saturated carbocycles. The summed E-state index contributed by atoms with van der Waals surface area (Å²) >= 11 is 0. The predicted octanol–water partition coefficient (Wildman–Crippen LogP) is 3.23. The number of hydrogen-bond acceptors (Lipinski definition) is 6. The Bertz CT molecular complexity index is 901. The van der Waals surface area contributed by atoms with Crippen molar-refractivity contribution in [2.24, 2.45) is 0 Å². The highest BCUT2D eigenvalue weighted by molar-refractivity contribution is 5.77. The largest absolute Gasteiger partial charge is 0.489 e. The zero-order chi connectivity index (χ0) is 19.8. The number of nitrogens with one attached hydrogen (secondary N) is 1. The molecular formula is C21H21N3O4. The molecule has 1 heterocycles. The minimum absolute atomic E-state index is 0.0299. The van der Waals surface area contributed by atoms with Crippen molar-refractivity contribution in [1.82, 2.24) is 9.97 Å². The minimum Gasteiger partial charge on any atom is -0.489 e. The molecular weight excluding hydrogens is 358 g/mol. The van der Waals surface area contributed by atoms with Gasteiger partial charge in [-0.1, -0.05) is 30.3 Å². The summed E-state index contributed by atoms with van der Waals surface area (Å²) in [5.74, 6) is 0.159. The van der Waals surface area contributed by atoms with Crippen molar-refractivity contribution in [2.45, 2.75) is 12.6 Å². The highest BCUT2D eigenvalue weighted by atomic mass is 16.5. The second-order valence-electron chi connectivity index (χ2n) is 6.08. The highest BCUT2D eigenvalue weighted by Crippen LogP contribution is 2.23. The van der Waals surface area contributed by atoms with Crippen molar-refractivity contribution >= 4 is 11.8 Å². The number of nitrogens with zero attached hydrogens (tertiary/aromatic N) is 2. The molecule has 0 amide bonds. The first-order valence-electron chi connectivity index (χ1n) is 8.73. The Labute approximate surface area is 163 Å². The molecule has 7 nitrogen and oxygen atoms in total. The molecule has 3 aromatic rings. The molecule has 0 aliphatic rings. The quantitative estimate of drug-likeness (QED) is 0.589. The maximum Gasteiger partial charge on any atom is 0.328 e. The van der Waals surface area contributed by atoms with E-state index >= 15 is 0 Å². The molecule has 3 rings (SSSR count). The number of aliphatic carboxylic acids is 1. The Hall–Kier alpha value is -3.45. The molecule has 0 fully saturated rings. The molecule has 0 aliphatic carbocycles. The van der Waals surface area contributed by atoms with Gasteiger partial charge in [0.2, 0.25) is 0 Å². The molecule has 1 atom stereocenters. The molecule has 2 N–H and O–H groups in total. The van der Waals surface area contributed by atoms with Gasteiger partial charge in [-0.2, -0.15) is 0 Å². The smallest absolute Gasteiger partial charge is 0.328 e. The van der Waals surface area contributed by atoms with Crippen LogP contribution in [0.5, 0.6) is 5.75 Å². The lowest BCUT2D eigenvalue weighted by atomic mass is 10.1. The van der Waals surface area contributed by atoms with E-state index in [2.05, 4.69) is 15.3 Å². The van der Waals surface area contributed by atoms with Gasteiger partial charge in [-0.25, -0.2) is 14.8 Å². The summed E-state index contributed by atoms with van der Waals surface area (Å²) in [6, 6.07) is 18.3. The van der Waals surface area contributed by atoms with Gasteiger partial charge in [-0.3, -0.25) is 0 Å². The summed E-state index contributed by atoms with van der Waals surface area (Å²) in [7, 11) is 1.45. The molecule has 7 heteroatoms. The first kappa shape index (κ1) is 19.3. The van der Waals surface area contributed by atoms with E-state index in [0.717, 1.165) is 16.9 Å². The van der Waals surface area contributed by atoms with E-state index in [1.807, 2.05) is 54.6 Å². The molecule has 2 aromatic carbocycles. The van der Waals surface area contributed by atoms with Crippen molar-refractivity contribution in [3.05, 3.63) is 72.6 Å². The minimum atomic E-state index is -1.01. The van der Waals surface area contributed by atoms with Gasteiger partial charge in [0.15, 0.2) is 0 Å². The topological polar surface area (TPSA) is 93.6 Å². The standard InChI is InChI=1S/C21H21N3O4/c1-27-13-19(21(25)26)24-20-11-18(22-14-23-20)16-7-9-17(10-8-16)28-12-15-5-3-2-4-6-15/h2-11,14,19H,12-13H2,1H3,(H,25,26)(H,22,23,24). The zero-order valence-corrected chi connectivity index (χ0v) is 15.4. The van der Waals surface area contributed by atoms with Crippen LogP contribution in [0.15, 0.2) is 67.0 Å². The Balaban J connectivity index is 1.67. The van der Waals surface area contributed by atoms with E-state index in [9.17, 15) is 9.90 Å². The molecule has 0 aliphatic heterocycles. The van der Waals surface area contributed by atoms with Crippen molar-refractivity contribution in [1.29, 1.82) is 0 Å². The number of ether oxygens (including phenoxy) is 2. The number of hydrogen-bond donors (Lipinski definition) is 2. The molecule has 1 aromatic heterocycles. The van der Waals surface area contributed by atoms with Crippen LogP contribution in [0.2, 0.25) is 0 Å². The third kappa shape index (κ3) is 5.28. The van der Waals surface area contributed by atoms with Crippen LogP contribution < -0.4 is 10.1 Å². The van der Waals surface area contributed by atoms with Gasteiger partial charge in [-0.05, 0) is 29.8 Å². The number of carbonyl (C=O) groups is 1. The lowest BCUT2D eigenvalue weighted by Crippen LogP contribution is -2.33. The Kier molecular flexibility index (Phi) is 6.54. The van der Waals surface area contributed by atoms with E-state index < -0.39 is 12.0 Å². The van der Waals surface area contributed by atoms with Crippen molar-refractivity contribution in [3.8, 4) is 17.0 Å². The number of carboxylic acid groups (broad SMARTS) is 1. The van der Waals surface area contributed by atoms with E-state index in [1.165, 1.54) is 13.4 Å². The number of aromatic nitrogens is 2. The molecule has 0 radical (unpaired) electrons. The average molecular weight is 379 g/mol. The van der Waals surface area contributed by atoms with Crippen molar-refractivity contribution in [2.75, 3.05) is 19.0 Å². The maximum atomic E-state index is 11.3. The summed E-state index contributed by atoms with van der Waals surface area (Å²) in [6.45, 7) is 0.528. The SMILES string of the molecule is COCC(Nc1cc(-c2ccc(OCc3ccccc3)cc2)ncn1)C(=O)O. The van der Waals surface area contributed by atoms with Crippen LogP contribution in [0.3, 0.4) is 0 Å². The first-order chi connectivity index (χ1) is 13.7. The number of carboxylic acids is 1. The summed E-state index contributed by atoms with van der Waals surface area (Å²) in [6.07, 6.45) is 1.39. The first-order valence-corrected chi connectivity index (χ1v) is 8.73. The van der Waals surface area contributed by atoms with E-state index in [4.69, 9.17) is 9.47 Å². The number of anilines is 1. The van der Waals surface area contributed by atoms with Crippen molar-refractivity contribution in [3.63, 3.8) is 0 Å². The number of rotatable bonds is 9. The molecule has 1 unspecified atom stereocenters. The monoisotopic (exact) mass is 379 g/mol. The van der Waals surface area contributed by atoms with Gasteiger partial charge in [-0.15, -0.1) is 0 Å². The second-order valence-corrected chi connectivity index (χ2v) is 6.08. The van der Waals surface area contributed by atoms with Gasteiger partial charge in [0.25, 0.3) is 0 Å². The molecule has 0 saturated heterocycles. The molecule has 0 spiro atoms. The fourth-order valence-electron chi connectivity index (χ4n) is 2.58. The molecule has 0 bridgehead atoms. The lowest BCUT2D eigenvalue weighted by Gasteiger charge is -2.14. The van der Waals surface area contributed by atoms with E-state index in [-0.39, 0.29) is 6.61 Å². The Morgan fingerprint density at radius 3 is 2.54 bits per heavy atom. The normalized spacial score (nSPS) is 11.6. The van der Waals surface area contributed by atoms with Gasteiger partial charge in [0, 0.05) is 18.7 Å². The molecule has 28 heavy (non-hydrogen) atoms. The summed E-state index contributed by atoms with van der Waals surface area (Å²) in [5.41, 5.74) is 2.65. The average Bonchev–Trinajstić information content (AvgIpc) is 2.73. The Morgan fingerprint density at radius 2 is 1.86 bits per heavy atom. The third-order valence-electron chi connectivity index (χ3n) is 4.02. The van der Waals surface area contributed by atoms with E-state index in [0.29, 0.717) is 18.1 Å². The zero-order valence-electron chi connectivity index (χ0n) is 15.4. The Morgan fingerprint density at radius 1 is 1.11 bits per heavy atom. The summed E-state index contributed by atoms with van der Waals surface area (Å²) in [4.78, 5) is 19.6. The van der Waals surface area contributed by atoms with Gasteiger partial charge in [0.05, 0.1) is 12.3 Å². The number of methoxy groups -OCH3 is 1. The second kappa shape index (κ2) is 9.48. The van der Waals surface area contributed by atoms with Crippen LogP contribution in [0, 0.1) is 0 Å². The predicted molar refractivity (Wildman–Crippen MR) is 105 cm³/mol. The van der Waals surface area contributed by atoms with Gasteiger partial charge >= 0.3 is 5.97 Å². The van der Waals surface area contributed by atoms with Crippen LogP contribution in [0.25, 0.3) is 11.3 Å². The van der Waals surface area contributed by atoms with Crippen LogP contribution in [0.1, 0.15) is 5.56 Å². The molecule has 144 valence electrons. The maximum absolute atomic E-state index is 11.3. The summed E-state index contributed by atoms with van der Waals surface area (Å²) in [5, 5.41) is 12.1. The highest BCUT2D eigenvalue weighted by Gasteiger charge is 2.17. The van der Waals surface area contributed by atoms with E-state index in [1.54, 1.807) is 6.07 Å². The van der Waals surface area contributed by atoms with Gasteiger partial charge < -0.3 is 19.9 Å². The van der Waals surface area contributed by atoms with Crippen LogP contribution in [-0.4, -0.2) is 40.8 Å². The number of benzene rings is 2. The van der Waals surface area contributed by atoms with Gasteiger partial charge in [0.1, 0.15) is 30.5 Å².